The number of esters is 1. The fraction of sp³-hybridized carbons (Fsp3) is 0.192. The van der Waals surface area contributed by atoms with Crippen LogP contribution in [0.3, 0.4) is 0 Å². The smallest absolute Gasteiger partial charge is 0.326 e. The number of benzene rings is 3. The minimum atomic E-state index is -3.44. The lowest BCUT2D eigenvalue weighted by Gasteiger charge is -2.25. The molecule has 0 radical (unpaired) electrons. The lowest BCUT2D eigenvalue weighted by Crippen LogP contribution is -2.25. The van der Waals surface area contributed by atoms with Gasteiger partial charge in [0, 0.05) is 17.4 Å². The minimum absolute atomic E-state index is 0.143. The Morgan fingerprint density at radius 3 is 2.28 bits per heavy atom. The summed E-state index contributed by atoms with van der Waals surface area (Å²) in [6.45, 7) is 1.75. The van der Waals surface area contributed by atoms with Gasteiger partial charge in [-0.1, -0.05) is 47.7 Å². The van der Waals surface area contributed by atoms with E-state index in [-0.39, 0.29) is 22.8 Å². The summed E-state index contributed by atoms with van der Waals surface area (Å²) < 4.78 is 37.4. The van der Waals surface area contributed by atoms with Crippen molar-refractivity contribution in [1.82, 2.24) is 4.57 Å². The summed E-state index contributed by atoms with van der Waals surface area (Å²) in [6, 6.07) is 19.2. The molecule has 0 saturated heterocycles. The van der Waals surface area contributed by atoms with Gasteiger partial charge in [-0.25, -0.2) is 8.42 Å². The van der Waals surface area contributed by atoms with Gasteiger partial charge in [0.2, 0.25) is 0 Å². The van der Waals surface area contributed by atoms with Crippen molar-refractivity contribution in [3.05, 3.63) is 82.7 Å². The molecular formula is C26H22N2O6S2. The summed E-state index contributed by atoms with van der Waals surface area (Å²) in [5.74, 6) is -0.443. The van der Waals surface area contributed by atoms with Gasteiger partial charge in [0.15, 0.2) is 14.6 Å². The number of ether oxygens (including phenoxy) is 2. The summed E-state index contributed by atoms with van der Waals surface area (Å²) >= 11 is 1.14. The maximum absolute atomic E-state index is 13.7. The number of amides is 1. The second-order valence-corrected chi connectivity index (χ2v) is 11.3. The Bertz CT molecular complexity index is 1640. The molecule has 10 heteroatoms. The molecule has 1 aliphatic rings. The molecular weight excluding hydrogens is 500 g/mol. The fourth-order valence-electron chi connectivity index (χ4n) is 4.19. The van der Waals surface area contributed by atoms with E-state index in [4.69, 9.17) is 9.47 Å². The van der Waals surface area contributed by atoms with Gasteiger partial charge in [0.25, 0.3) is 5.91 Å². The molecule has 1 amide bonds. The molecule has 2 heterocycles. The number of thiazole rings is 1. The molecule has 3 aromatic carbocycles. The molecule has 0 aliphatic carbocycles. The molecule has 0 fully saturated rings. The third-order valence-electron chi connectivity index (χ3n) is 5.81. The van der Waals surface area contributed by atoms with E-state index in [1.54, 1.807) is 29.7 Å². The molecule has 0 saturated carbocycles. The van der Waals surface area contributed by atoms with Crippen LogP contribution in [0, 0.1) is 0 Å². The third-order valence-corrected chi connectivity index (χ3v) is 7.96. The van der Waals surface area contributed by atoms with Crippen LogP contribution in [0.2, 0.25) is 0 Å². The average molecular weight is 523 g/mol. The number of carbonyl (C=O) groups excluding carboxylic acids is 2. The van der Waals surface area contributed by atoms with Gasteiger partial charge in [-0.15, -0.1) is 0 Å². The Labute approximate surface area is 211 Å². The quantitative estimate of drug-likeness (QED) is 0.367. The Morgan fingerprint density at radius 1 is 1.03 bits per heavy atom. The molecule has 0 unspecified atom stereocenters. The highest BCUT2D eigenvalue weighted by atomic mass is 32.2. The first-order chi connectivity index (χ1) is 17.3. The molecule has 4 aromatic rings. The Balaban J connectivity index is 1.68. The average Bonchev–Trinajstić information content (AvgIpc) is 3.17. The molecule has 5 rings (SSSR count). The van der Waals surface area contributed by atoms with E-state index in [1.165, 1.54) is 12.1 Å². The van der Waals surface area contributed by atoms with E-state index < -0.39 is 27.6 Å². The van der Waals surface area contributed by atoms with Crippen molar-refractivity contribution in [3.8, 4) is 11.5 Å². The van der Waals surface area contributed by atoms with Crippen molar-refractivity contribution in [3.63, 3.8) is 0 Å². The number of para-hydroxylation sites is 2. The van der Waals surface area contributed by atoms with E-state index in [0.717, 1.165) is 17.6 Å². The van der Waals surface area contributed by atoms with Crippen molar-refractivity contribution in [1.29, 1.82) is 0 Å². The number of aromatic nitrogens is 1. The van der Waals surface area contributed by atoms with E-state index in [0.29, 0.717) is 32.8 Å². The minimum Gasteiger partial charge on any atom is -0.465 e. The van der Waals surface area contributed by atoms with Crippen molar-refractivity contribution in [2.75, 3.05) is 12.9 Å². The molecule has 1 aromatic heterocycles. The van der Waals surface area contributed by atoms with Crippen molar-refractivity contribution < 1.29 is 27.5 Å². The highest BCUT2D eigenvalue weighted by Gasteiger charge is 2.32. The van der Waals surface area contributed by atoms with E-state index in [9.17, 15) is 18.0 Å². The summed E-state index contributed by atoms with van der Waals surface area (Å²) in [4.78, 5) is 31.0. The maximum Gasteiger partial charge on any atom is 0.326 e. The van der Waals surface area contributed by atoms with Crippen LogP contribution >= 0.6 is 11.3 Å². The van der Waals surface area contributed by atoms with Crippen LogP contribution in [0.5, 0.6) is 11.5 Å². The SMILES string of the molecule is CCOC(=O)Cn1c(=NC(=O)C2c3ccccc3Oc3ccccc32)sc2cc(S(C)(=O)=O)ccc21. The van der Waals surface area contributed by atoms with Crippen molar-refractivity contribution in [2.45, 2.75) is 24.3 Å². The number of carbonyl (C=O) groups is 2. The number of rotatable bonds is 5. The van der Waals surface area contributed by atoms with Gasteiger partial charge in [0.1, 0.15) is 18.0 Å². The topological polar surface area (TPSA) is 104 Å². The molecule has 0 atom stereocenters. The third kappa shape index (κ3) is 4.45. The van der Waals surface area contributed by atoms with Crippen LogP contribution in [0.25, 0.3) is 10.2 Å². The van der Waals surface area contributed by atoms with Crippen LogP contribution in [0.4, 0.5) is 0 Å². The Morgan fingerprint density at radius 2 is 1.67 bits per heavy atom. The number of nitrogens with zero attached hydrogens (tertiary/aromatic N) is 2. The molecule has 0 bridgehead atoms. The summed E-state index contributed by atoms with van der Waals surface area (Å²) in [6.07, 6.45) is 1.13. The Kier molecular flexibility index (Phi) is 6.23. The number of sulfone groups is 1. The van der Waals surface area contributed by atoms with Gasteiger partial charge in [0.05, 0.1) is 27.6 Å². The molecule has 1 aliphatic heterocycles. The normalized spacial score (nSPS) is 13.7. The highest BCUT2D eigenvalue weighted by molar-refractivity contribution is 7.90. The lowest BCUT2D eigenvalue weighted by atomic mass is 9.87. The van der Waals surface area contributed by atoms with Crippen LogP contribution in [0.1, 0.15) is 24.0 Å². The van der Waals surface area contributed by atoms with E-state index >= 15 is 0 Å². The fourth-order valence-corrected chi connectivity index (χ4v) is 5.99. The van der Waals surface area contributed by atoms with Gasteiger partial charge in [-0.3, -0.25) is 9.59 Å². The van der Waals surface area contributed by atoms with Crippen LogP contribution < -0.4 is 9.54 Å². The monoisotopic (exact) mass is 522 g/mol. The van der Waals surface area contributed by atoms with Gasteiger partial charge < -0.3 is 14.0 Å². The van der Waals surface area contributed by atoms with E-state index in [1.807, 2.05) is 36.4 Å². The zero-order valence-electron chi connectivity index (χ0n) is 19.5. The van der Waals surface area contributed by atoms with E-state index in [2.05, 4.69) is 4.99 Å². The summed E-state index contributed by atoms with van der Waals surface area (Å²) in [5.41, 5.74) is 1.98. The van der Waals surface area contributed by atoms with Gasteiger partial charge >= 0.3 is 5.97 Å². The van der Waals surface area contributed by atoms with Crippen molar-refractivity contribution in [2.24, 2.45) is 4.99 Å². The summed E-state index contributed by atoms with van der Waals surface area (Å²) in [5, 5.41) is 0. The number of hydrogen-bond donors (Lipinski definition) is 0. The largest absolute Gasteiger partial charge is 0.465 e. The zero-order valence-corrected chi connectivity index (χ0v) is 21.1. The first kappa shape index (κ1) is 24.0. The van der Waals surface area contributed by atoms with Gasteiger partial charge in [-0.05, 0) is 37.3 Å². The molecule has 0 spiro atoms. The highest BCUT2D eigenvalue weighted by Crippen LogP contribution is 2.44. The second kappa shape index (κ2) is 9.36. The maximum atomic E-state index is 13.7. The first-order valence-electron chi connectivity index (χ1n) is 11.2. The van der Waals surface area contributed by atoms with Crippen LogP contribution in [-0.4, -0.2) is 37.7 Å². The lowest BCUT2D eigenvalue weighted by molar-refractivity contribution is -0.143. The van der Waals surface area contributed by atoms with Gasteiger partial charge in [-0.2, -0.15) is 4.99 Å². The number of hydrogen-bond acceptors (Lipinski definition) is 7. The Hall–Kier alpha value is -3.76. The first-order valence-corrected chi connectivity index (χ1v) is 13.9. The molecule has 184 valence electrons. The predicted octanol–water partition coefficient (Wildman–Crippen LogP) is 4.03. The second-order valence-electron chi connectivity index (χ2n) is 8.24. The predicted molar refractivity (Wildman–Crippen MR) is 135 cm³/mol. The van der Waals surface area contributed by atoms with Crippen LogP contribution in [0.15, 0.2) is 76.6 Å². The summed E-state index contributed by atoms with van der Waals surface area (Å²) in [7, 11) is -3.44. The van der Waals surface area contributed by atoms with Crippen molar-refractivity contribution >= 4 is 43.3 Å². The molecule has 36 heavy (non-hydrogen) atoms. The van der Waals surface area contributed by atoms with Crippen LogP contribution in [-0.2, 0) is 30.7 Å². The molecule has 8 nitrogen and oxygen atoms in total. The molecule has 0 N–H and O–H groups in total. The zero-order chi connectivity index (χ0) is 25.4. The standard InChI is InChI=1S/C26H22N2O6S2/c1-3-33-23(29)15-28-19-13-12-16(36(2,31)32)14-22(19)35-26(28)27-25(30)24-17-8-4-6-10-20(17)34-21-11-7-5-9-18(21)24/h4-14,24H,3,15H2,1-2H3. The number of fused-ring (bicyclic) bond motifs is 3.